The van der Waals surface area contributed by atoms with E-state index in [-0.39, 0.29) is 17.1 Å². The van der Waals surface area contributed by atoms with Gasteiger partial charge in [-0.05, 0) is 50.9 Å². The molecular weight excluding hydrogens is 348 g/mol. The smallest absolute Gasteiger partial charge is 0.293 e. The molecule has 0 aliphatic heterocycles. The van der Waals surface area contributed by atoms with Crippen molar-refractivity contribution in [2.75, 3.05) is 6.54 Å². The topological polar surface area (TPSA) is 154 Å². The Hall–Kier alpha value is -2.55. The van der Waals surface area contributed by atoms with Crippen LogP contribution in [0.5, 0.6) is 0 Å². The Morgan fingerprint density at radius 3 is 2.52 bits per heavy atom. The highest BCUT2D eigenvalue weighted by molar-refractivity contribution is 6.11. The maximum Gasteiger partial charge on any atom is 0.293 e. The lowest BCUT2D eigenvalue weighted by atomic mass is 9.97. The van der Waals surface area contributed by atoms with Gasteiger partial charge in [-0.1, -0.05) is 12.5 Å². The number of ketones is 1. The maximum atomic E-state index is 12.7. The van der Waals surface area contributed by atoms with Crippen molar-refractivity contribution in [3.8, 4) is 0 Å². The number of furan rings is 1. The number of fused-ring (bicyclic) bond motifs is 1. The molecule has 1 aromatic carbocycles. The molecule has 0 saturated carbocycles. The molecule has 0 fully saturated rings. The fraction of sp³-hybridized carbons (Fsp3) is 0.421. The molecule has 1 heterocycles. The monoisotopic (exact) mass is 374 g/mol. The highest BCUT2D eigenvalue weighted by atomic mass is 16.3. The third-order valence-electron chi connectivity index (χ3n) is 4.35. The first-order valence-corrected chi connectivity index (χ1v) is 8.90. The Kier molecular flexibility index (Phi) is 6.84. The van der Waals surface area contributed by atoms with Gasteiger partial charge in [-0.25, -0.2) is 0 Å². The summed E-state index contributed by atoms with van der Waals surface area (Å²) < 4.78 is 5.62. The van der Waals surface area contributed by atoms with Crippen LogP contribution in [0, 0.1) is 6.92 Å². The molecule has 0 aliphatic carbocycles. The summed E-state index contributed by atoms with van der Waals surface area (Å²) in [4.78, 5) is 36.6. The first-order chi connectivity index (χ1) is 12.8. The van der Waals surface area contributed by atoms with E-state index in [0.717, 1.165) is 18.4 Å². The molecular formula is C19H26N4O4. The van der Waals surface area contributed by atoms with Gasteiger partial charge in [0.1, 0.15) is 5.58 Å². The lowest BCUT2D eigenvalue weighted by Gasteiger charge is -2.11. The Morgan fingerprint density at radius 2 is 1.89 bits per heavy atom. The molecule has 1 aromatic heterocycles. The molecule has 0 unspecified atom stereocenters. The Balaban J connectivity index is 2.33. The van der Waals surface area contributed by atoms with E-state index in [4.69, 9.17) is 21.6 Å². The Bertz CT molecular complexity index is 857. The molecule has 8 heteroatoms. The van der Waals surface area contributed by atoms with Gasteiger partial charge in [0.2, 0.25) is 5.91 Å². The van der Waals surface area contributed by atoms with E-state index in [9.17, 15) is 14.4 Å². The van der Waals surface area contributed by atoms with Crippen molar-refractivity contribution in [2.24, 2.45) is 17.2 Å². The van der Waals surface area contributed by atoms with Crippen molar-refractivity contribution in [2.45, 2.75) is 45.2 Å². The molecule has 0 aliphatic rings. The highest BCUT2D eigenvalue weighted by Gasteiger charge is 2.23. The molecule has 0 bridgehead atoms. The van der Waals surface area contributed by atoms with Gasteiger partial charge in [0.15, 0.2) is 11.5 Å². The highest BCUT2D eigenvalue weighted by Crippen LogP contribution is 2.27. The van der Waals surface area contributed by atoms with Gasteiger partial charge in [0.05, 0.1) is 17.6 Å². The minimum absolute atomic E-state index is 0.0703. The van der Waals surface area contributed by atoms with Gasteiger partial charge in [-0.2, -0.15) is 0 Å². The van der Waals surface area contributed by atoms with E-state index in [1.165, 1.54) is 13.0 Å². The van der Waals surface area contributed by atoms with Crippen molar-refractivity contribution < 1.29 is 18.8 Å². The maximum absolute atomic E-state index is 12.7. The summed E-state index contributed by atoms with van der Waals surface area (Å²) in [7, 11) is 0. The van der Waals surface area contributed by atoms with Crippen LogP contribution in [0.1, 0.15) is 52.7 Å². The van der Waals surface area contributed by atoms with Crippen LogP contribution in [0.4, 0.5) is 0 Å². The molecule has 0 radical (unpaired) electrons. The third kappa shape index (κ3) is 4.79. The van der Waals surface area contributed by atoms with Crippen molar-refractivity contribution in [3.05, 3.63) is 35.1 Å². The fourth-order valence-electron chi connectivity index (χ4n) is 2.69. The van der Waals surface area contributed by atoms with Crippen molar-refractivity contribution >= 4 is 28.6 Å². The molecule has 0 spiro atoms. The quantitative estimate of drug-likeness (QED) is 0.396. The largest absolute Gasteiger partial charge is 0.450 e. The van der Waals surface area contributed by atoms with Crippen LogP contribution >= 0.6 is 0 Å². The number of Topliss-reactive ketones (excluding diaryl/α,β-unsaturated/α-hetero) is 1. The zero-order chi connectivity index (χ0) is 20.1. The van der Waals surface area contributed by atoms with E-state index in [2.05, 4.69) is 5.32 Å². The fourth-order valence-corrected chi connectivity index (χ4v) is 2.69. The first kappa shape index (κ1) is 20.8. The van der Waals surface area contributed by atoms with Gasteiger partial charge in [0, 0.05) is 5.39 Å². The lowest BCUT2D eigenvalue weighted by molar-refractivity contribution is -0.121. The molecule has 2 atom stereocenters. The predicted molar refractivity (Wildman–Crippen MR) is 102 cm³/mol. The zero-order valence-electron chi connectivity index (χ0n) is 15.6. The molecule has 0 saturated heterocycles. The van der Waals surface area contributed by atoms with Crippen molar-refractivity contribution in [1.82, 2.24) is 5.32 Å². The van der Waals surface area contributed by atoms with Crippen molar-refractivity contribution in [1.29, 1.82) is 0 Å². The van der Waals surface area contributed by atoms with Gasteiger partial charge in [-0.15, -0.1) is 0 Å². The lowest BCUT2D eigenvalue weighted by Crippen LogP contribution is -2.41. The molecule has 2 amide bonds. The summed E-state index contributed by atoms with van der Waals surface area (Å²) in [6.07, 6.45) is 2.06. The second-order valence-corrected chi connectivity index (χ2v) is 6.65. The summed E-state index contributed by atoms with van der Waals surface area (Å²) in [6.45, 7) is 3.85. The van der Waals surface area contributed by atoms with E-state index >= 15 is 0 Å². The van der Waals surface area contributed by atoms with Crippen LogP contribution < -0.4 is 22.5 Å². The average Bonchev–Trinajstić information content (AvgIpc) is 3.07. The van der Waals surface area contributed by atoms with Gasteiger partial charge < -0.3 is 21.6 Å². The third-order valence-corrected chi connectivity index (χ3v) is 4.35. The summed E-state index contributed by atoms with van der Waals surface area (Å²) >= 11 is 0. The standard InChI is InChI=1S/C19H26N4O4/c1-10-6-7-12(16(24)14(22)5-3-4-8-20)17-13(10)9-15(27-17)19(26)23-18(25)11(2)21/h6-7,9,11,14H,3-5,8,20-22H2,1-2H3,(H,23,25,26)/t11-,14-/m0/s1. The number of nitrogens with two attached hydrogens (primary N) is 3. The van der Waals surface area contributed by atoms with Crippen LogP contribution in [-0.2, 0) is 4.79 Å². The summed E-state index contributed by atoms with van der Waals surface area (Å²) in [5, 5.41) is 2.78. The number of carbonyl (C=O) groups is 3. The second-order valence-electron chi connectivity index (χ2n) is 6.65. The molecule has 7 N–H and O–H groups in total. The van der Waals surface area contributed by atoms with E-state index in [0.29, 0.717) is 23.9 Å². The van der Waals surface area contributed by atoms with Crippen LogP contribution in [0.2, 0.25) is 0 Å². The van der Waals surface area contributed by atoms with E-state index in [1.807, 2.05) is 6.92 Å². The predicted octanol–water partition coefficient (Wildman–Crippen LogP) is 0.984. The molecule has 146 valence electrons. The number of rotatable bonds is 8. The number of hydrogen-bond acceptors (Lipinski definition) is 7. The summed E-state index contributed by atoms with van der Waals surface area (Å²) in [5.41, 5.74) is 18.4. The Morgan fingerprint density at radius 1 is 1.19 bits per heavy atom. The number of aryl methyl sites for hydroxylation is 1. The van der Waals surface area contributed by atoms with Gasteiger partial charge in [-0.3, -0.25) is 19.7 Å². The zero-order valence-corrected chi connectivity index (χ0v) is 15.6. The summed E-state index contributed by atoms with van der Waals surface area (Å²) in [5.74, 6) is -1.65. The Labute approximate surface area is 157 Å². The number of carbonyl (C=O) groups excluding carboxylic acids is 3. The van der Waals surface area contributed by atoms with E-state index < -0.39 is 23.9 Å². The number of amides is 2. The molecule has 8 nitrogen and oxygen atoms in total. The van der Waals surface area contributed by atoms with Crippen LogP contribution in [-0.4, -0.2) is 36.2 Å². The number of benzene rings is 1. The minimum Gasteiger partial charge on any atom is -0.450 e. The molecule has 2 aromatic rings. The number of unbranched alkanes of at least 4 members (excludes halogenated alkanes) is 1. The normalized spacial score (nSPS) is 13.4. The molecule has 2 rings (SSSR count). The van der Waals surface area contributed by atoms with Crippen molar-refractivity contribution in [3.63, 3.8) is 0 Å². The number of hydrogen-bond donors (Lipinski definition) is 4. The second kappa shape index (κ2) is 8.90. The van der Waals surface area contributed by atoms with Crippen LogP contribution in [0.15, 0.2) is 22.6 Å². The van der Waals surface area contributed by atoms with Crippen LogP contribution in [0.3, 0.4) is 0 Å². The number of nitrogens with one attached hydrogen (secondary N) is 1. The van der Waals surface area contributed by atoms with E-state index in [1.54, 1.807) is 12.1 Å². The van der Waals surface area contributed by atoms with Crippen LogP contribution in [0.25, 0.3) is 11.0 Å². The minimum atomic E-state index is -0.830. The van der Waals surface area contributed by atoms with Gasteiger partial charge >= 0.3 is 0 Å². The molecule has 27 heavy (non-hydrogen) atoms. The summed E-state index contributed by atoms with van der Waals surface area (Å²) in [6, 6.07) is 3.41. The first-order valence-electron chi connectivity index (χ1n) is 8.90. The number of imide groups is 1. The average molecular weight is 374 g/mol. The van der Waals surface area contributed by atoms with Gasteiger partial charge in [0.25, 0.3) is 5.91 Å². The SMILES string of the molecule is Cc1ccc(C(=O)[C@@H](N)CCCCN)c2oc(C(=O)NC(=O)[C@H](C)N)cc12.